The molecule has 0 fully saturated rings. The van der Waals surface area contributed by atoms with Crippen molar-refractivity contribution in [3.63, 3.8) is 0 Å². The number of phosphoric acid groups is 1. The summed E-state index contributed by atoms with van der Waals surface area (Å²) in [6, 6.07) is 0. The number of aliphatic hydroxyl groups excluding tert-OH is 1. The molecule has 0 radical (unpaired) electrons. The lowest BCUT2D eigenvalue weighted by Crippen LogP contribution is -2.27. The van der Waals surface area contributed by atoms with Crippen LogP contribution < -0.4 is 5.32 Å². The fourth-order valence-electron chi connectivity index (χ4n) is 9.09. The summed E-state index contributed by atoms with van der Waals surface area (Å²) in [5.74, 6) is -0.494. The Labute approximate surface area is 416 Å². The summed E-state index contributed by atoms with van der Waals surface area (Å²) in [5, 5.41) is 12.8. The average Bonchev–Trinajstić information content (AvgIpc) is 3.32. The highest BCUT2D eigenvalue weighted by molar-refractivity contribution is 7.47. The summed E-state index contributed by atoms with van der Waals surface area (Å²) in [6.07, 6.45) is 60.7. The van der Waals surface area contributed by atoms with Gasteiger partial charge in [-0.05, 0) is 12.8 Å². The predicted octanol–water partition coefficient (Wildman–Crippen LogP) is 17.9. The van der Waals surface area contributed by atoms with Crippen LogP contribution in [0.15, 0.2) is 0 Å². The molecule has 0 heterocycles. The Morgan fingerprint density at radius 1 is 0.403 bits per heavy atom. The van der Waals surface area contributed by atoms with Crippen LogP contribution >= 0.6 is 7.82 Å². The van der Waals surface area contributed by atoms with Crippen molar-refractivity contribution in [2.24, 2.45) is 0 Å². The van der Waals surface area contributed by atoms with Crippen LogP contribution in [0.3, 0.4) is 0 Å². The van der Waals surface area contributed by atoms with Gasteiger partial charge in [-0.25, -0.2) is 4.57 Å². The van der Waals surface area contributed by atoms with Crippen LogP contribution in [0.4, 0.5) is 0 Å². The smallest absolute Gasteiger partial charge is 0.463 e. The van der Waals surface area contributed by atoms with Gasteiger partial charge in [0.15, 0.2) is 0 Å². The van der Waals surface area contributed by atoms with E-state index in [0.29, 0.717) is 12.8 Å². The highest BCUT2D eigenvalue weighted by atomic mass is 31.2. The van der Waals surface area contributed by atoms with E-state index in [0.717, 1.165) is 38.5 Å². The van der Waals surface area contributed by atoms with Gasteiger partial charge in [-0.1, -0.05) is 296 Å². The number of rotatable bonds is 57. The van der Waals surface area contributed by atoms with Gasteiger partial charge in [0, 0.05) is 19.4 Å². The second kappa shape index (κ2) is 54.3. The lowest BCUT2D eigenvalue weighted by Gasteiger charge is -2.15. The predicted molar refractivity (Wildman–Crippen MR) is 285 cm³/mol. The molecule has 67 heavy (non-hydrogen) atoms. The van der Waals surface area contributed by atoms with Gasteiger partial charge < -0.3 is 20.1 Å². The van der Waals surface area contributed by atoms with E-state index in [1.807, 2.05) is 0 Å². The normalized spacial score (nSPS) is 13.0. The summed E-state index contributed by atoms with van der Waals surface area (Å²) >= 11 is 0. The molecule has 0 spiro atoms. The quantitative estimate of drug-likeness (QED) is 0.0312. The molecular weight excluding hydrogens is 858 g/mol. The zero-order valence-corrected chi connectivity index (χ0v) is 45.5. The SMILES string of the molecule is CCCCCCCCCCCCCCCCCCCCCCCCCCC(=O)OCC(O)COP(=O)(O)OCCNC(=O)CCCCCCCCCCCCCCCCCCCCCCCC. The zero-order valence-electron chi connectivity index (χ0n) is 44.6. The van der Waals surface area contributed by atoms with Gasteiger partial charge in [0.25, 0.3) is 0 Å². The number of phosphoric ester groups is 1. The van der Waals surface area contributed by atoms with Gasteiger partial charge >= 0.3 is 13.8 Å². The molecule has 0 rings (SSSR count). The van der Waals surface area contributed by atoms with Crippen molar-refractivity contribution in [2.75, 3.05) is 26.4 Å². The van der Waals surface area contributed by atoms with E-state index in [9.17, 15) is 24.2 Å². The number of hydrogen-bond acceptors (Lipinski definition) is 7. The van der Waals surface area contributed by atoms with Crippen LogP contribution in [0.1, 0.15) is 322 Å². The molecule has 0 saturated heterocycles. The Morgan fingerprint density at radius 3 is 0.970 bits per heavy atom. The van der Waals surface area contributed by atoms with E-state index in [2.05, 4.69) is 19.2 Å². The van der Waals surface area contributed by atoms with Gasteiger partial charge in [0.05, 0.1) is 13.2 Å². The molecule has 3 N–H and O–H groups in total. The summed E-state index contributed by atoms with van der Waals surface area (Å²) < 4.78 is 27.1. The third kappa shape index (κ3) is 55.8. The first-order valence-electron chi connectivity index (χ1n) is 29.5. The number of ether oxygens (including phenoxy) is 1. The highest BCUT2D eigenvalue weighted by Gasteiger charge is 2.23. The molecule has 1 amide bonds. The molecule has 0 saturated carbocycles. The maximum Gasteiger partial charge on any atom is 0.472 e. The van der Waals surface area contributed by atoms with E-state index < -0.39 is 26.5 Å². The van der Waals surface area contributed by atoms with Gasteiger partial charge in [-0.2, -0.15) is 0 Å². The number of carbonyl (C=O) groups excluding carboxylic acids is 2. The molecule has 9 nitrogen and oxygen atoms in total. The molecule has 2 unspecified atom stereocenters. The Morgan fingerprint density at radius 2 is 0.672 bits per heavy atom. The minimum absolute atomic E-state index is 0.0891. The molecule has 0 bridgehead atoms. The molecule has 0 aromatic rings. The lowest BCUT2D eigenvalue weighted by atomic mass is 10.0. The first-order valence-corrected chi connectivity index (χ1v) is 31.0. The Balaban J connectivity index is 3.46. The van der Waals surface area contributed by atoms with Crippen LogP contribution in [0.5, 0.6) is 0 Å². The van der Waals surface area contributed by atoms with Gasteiger partial charge in [-0.3, -0.25) is 18.6 Å². The van der Waals surface area contributed by atoms with E-state index in [-0.39, 0.29) is 25.7 Å². The second-order valence-electron chi connectivity index (χ2n) is 20.3. The van der Waals surface area contributed by atoms with Crippen molar-refractivity contribution in [2.45, 2.75) is 328 Å². The highest BCUT2D eigenvalue weighted by Crippen LogP contribution is 2.43. The number of esters is 1. The standard InChI is InChI=1S/C57H114NO8P/c1-3-5-7-9-11-13-15-17-19-21-23-25-27-28-30-32-34-36-38-40-42-44-46-48-50-57(61)64-53-55(59)54-66-67(62,63)65-52-51-58-56(60)49-47-45-43-41-39-37-35-33-31-29-26-24-22-20-18-16-14-12-10-8-6-4-2/h55,59H,3-54H2,1-2H3,(H,58,60)(H,62,63). The molecule has 0 aromatic carbocycles. The summed E-state index contributed by atoms with van der Waals surface area (Å²) in [6.45, 7) is 3.65. The number of unbranched alkanes of at least 4 members (excludes halogenated alkanes) is 44. The lowest BCUT2D eigenvalue weighted by molar-refractivity contribution is -0.147. The Kier molecular flexibility index (Phi) is 53.5. The molecule has 10 heteroatoms. The summed E-state index contributed by atoms with van der Waals surface area (Å²) in [5.41, 5.74) is 0. The number of amides is 1. The summed E-state index contributed by atoms with van der Waals surface area (Å²) in [4.78, 5) is 34.2. The van der Waals surface area contributed by atoms with E-state index >= 15 is 0 Å². The van der Waals surface area contributed by atoms with Crippen molar-refractivity contribution in [3.8, 4) is 0 Å². The van der Waals surface area contributed by atoms with Crippen molar-refractivity contribution in [3.05, 3.63) is 0 Å². The van der Waals surface area contributed by atoms with Crippen LogP contribution in [0.2, 0.25) is 0 Å². The number of aliphatic hydroxyl groups is 1. The first kappa shape index (κ1) is 66.0. The van der Waals surface area contributed by atoms with Gasteiger partial charge in [0.2, 0.25) is 5.91 Å². The first-order chi connectivity index (χ1) is 32.8. The molecule has 2 atom stereocenters. The molecule has 400 valence electrons. The van der Waals surface area contributed by atoms with Crippen LogP contribution in [0, 0.1) is 0 Å². The minimum atomic E-state index is -4.42. The van der Waals surface area contributed by atoms with Crippen LogP contribution in [0.25, 0.3) is 0 Å². The van der Waals surface area contributed by atoms with E-state index in [4.69, 9.17) is 13.8 Å². The Hall–Kier alpha value is -0.990. The molecule has 0 aromatic heterocycles. The molecule has 0 aliphatic heterocycles. The van der Waals surface area contributed by atoms with Gasteiger partial charge in [-0.15, -0.1) is 0 Å². The third-order valence-corrected chi connectivity index (χ3v) is 14.5. The monoisotopic (exact) mass is 972 g/mol. The third-order valence-electron chi connectivity index (χ3n) is 13.5. The van der Waals surface area contributed by atoms with Crippen molar-refractivity contribution in [1.29, 1.82) is 0 Å². The number of carbonyl (C=O) groups is 2. The number of hydrogen-bond donors (Lipinski definition) is 3. The minimum Gasteiger partial charge on any atom is -0.463 e. The zero-order chi connectivity index (χ0) is 48.8. The van der Waals surface area contributed by atoms with E-state index in [1.54, 1.807) is 0 Å². The number of nitrogens with one attached hydrogen (secondary N) is 1. The van der Waals surface area contributed by atoms with E-state index in [1.165, 1.54) is 257 Å². The van der Waals surface area contributed by atoms with Crippen molar-refractivity contribution in [1.82, 2.24) is 5.32 Å². The average molecular weight is 973 g/mol. The molecule has 0 aliphatic carbocycles. The second-order valence-corrected chi connectivity index (χ2v) is 21.8. The molecular formula is C57H114NO8P. The maximum atomic E-state index is 12.2. The largest absolute Gasteiger partial charge is 0.472 e. The summed E-state index contributed by atoms with van der Waals surface area (Å²) in [7, 11) is -4.42. The fourth-order valence-corrected chi connectivity index (χ4v) is 9.85. The topological polar surface area (TPSA) is 131 Å². The van der Waals surface area contributed by atoms with Crippen molar-refractivity contribution >= 4 is 19.7 Å². The van der Waals surface area contributed by atoms with Crippen LogP contribution in [-0.2, 0) is 27.9 Å². The fraction of sp³-hybridized carbons (Fsp3) is 0.965. The van der Waals surface area contributed by atoms with Gasteiger partial charge in [0.1, 0.15) is 12.7 Å². The molecule has 0 aliphatic rings. The van der Waals surface area contributed by atoms with Crippen molar-refractivity contribution < 1.29 is 37.9 Å². The van der Waals surface area contributed by atoms with Crippen LogP contribution in [-0.4, -0.2) is 54.3 Å². The Bertz CT molecular complexity index is 1060. The maximum absolute atomic E-state index is 12.2.